The first kappa shape index (κ1) is 18.2. The fourth-order valence-corrected chi connectivity index (χ4v) is 3.64. The minimum atomic E-state index is -0.0877. The summed E-state index contributed by atoms with van der Waals surface area (Å²) in [5.74, 6) is 0.450. The number of ether oxygens (including phenoxy) is 1. The molecule has 2 amide bonds. The molecule has 2 fully saturated rings. The van der Waals surface area contributed by atoms with E-state index in [9.17, 15) is 4.79 Å². The van der Waals surface area contributed by atoms with Crippen LogP contribution in [0.3, 0.4) is 0 Å². The lowest BCUT2D eigenvalue weighted by Gasteiger charge is -2.30. The number of hydrogen-bond donors (Lipinski definition) is 2. The van der Waals surface area contributed by atoms with Crippen molar-refractivity contribution in [2.45, 2.75) is 25.6 Å². The molecule has 2 saturated heterocycles. The van der Waals surface area contributed by atoms with Gasteiger partial charge < -0.3 is 20.3 Å². The second-order valence-corrected chi connectivity index (χ2v) is 7.37. The number of nitrogens with zero attached hydrogens (tertiary/aromatic N) is 2. The van der Waals surface area contributed by atoms with Gasteiger partial charge in [-0.25, -0.2) is 4.79 Å². The lowest BCUT2D eigenvalue weighted by molar-refractivity contribution is -0.0168. The van der Waals surface area contributed by atoms with E-state index in [2.05, 4.69) is 58.7 Å². The topological polar surface area (TPSA) is 56.8 Å². The Labute approximate surface area is 150 Å². The molecule has 2 heterocycles. The summed E-state index contributed by atoms with van der Waals surface area (Å²) >= 11 is 0. The van der Waals surface area contributed by atoms with Gasteiger partial charge in [-0.15, -0.1) is 0 Å². The summed E-state index contributed by atoms with van der Waals surface area (Å²) in [6.45, 7) is 8.17. The lowest BCUT2D eigenvalue weighted by Crippen LogP contribution is -2.50. The summed E-state index contributed by atoms with van der Waals surface area (Å²) in [7, 11) is 2.08. The summed E-state index contributed by atoms with van der Waals surface area (Å²) < 4.78 is 5.68. The zero-order valence-electron chi connectivity index (χ0n) is 15.3. The fraction of sp³-hybridized carbons (Fsp3) is 0.632. The molecule has 2 N–H and O–H groups in total. The van der Waals surface area contributed by atoms with Crippen LogP contribution in [0.15, 0.2) is 30.3 Å². The van der Waals surface area contributed by atoms with Crippen molar-refractivity contribution < 1.29 is 9.53 Å². The van der Waals surface area contributed by atoms with Crippen LogP contribution in [0.5, 0.6) is 0 Å². The third-order valence-corrected chi connectivity index (χ3v) is 5.09. The molecule has 138 valence electrons. The van der Waals surface area contributed by atoms with Crippen molar-refractivity contribution in [2.24, 2.45) is 5.92 Å². The van der Waals surface area contributed by atoms with Gasteiger partial charge in [-0.2, -0.15) is 0 Å². The van der Waals surface area contributed by atoms with Crippen molar-refractivity contribution in [3.05, 3.63) is 35.9 Å². The van der Waals surface area contributed by atoms with E-state index in [0.29, 0.717) is 12.5 Å². The van der Waals surface area contributed by atoms with Crippen molar-refractivity contribution in [1.82, 2.24) is 20.4 Å². The van der Waals surface area contributed by atoms with E-state index in [-0.39, 0.29) is 18.2 Å². The molecule has 25 heavy (non-hydrogen) atoms. The highest BCUT2D eigenvalue weighted by Gasteiger charge is 2.30. The van der Waals surface area contributed by atoms with E-state index in [1.54, 1.807) is 0 Å². The number of hydrogen-bond acceptors (Lipinski definition) is 4. The molecular weight excluding hydrogens is 316 g/mol. The van der Waals surface area contributed by atoms with Gasteiger partial charge in [0.05, 0.1) is 12.7 Å². The standard InChI is InChI=1S/C19H30N4O2/c1-15-11-23(12-16-6-4-3-5-7-16)14-18(15)21-19(24)20-10-17-13-22(2)8-9-25-17/h3-7,15,17-18H,8-14H2,1-2H3,(H2,20,21,24)/t15-,17+,18-/m1/s1. The molecule has 0 saturated carbocycles. The third kappa shape index (κ3) is 5.42. The largest absolute Gasteiger partial charge is 0.374 e. The second-order valence-electron chi connectivity index (χ2n) is 7.37. The van der Waals surface area contributed by atoms with E-state index in [1.807, 2.05) is 6.07 Å². The van der Waals surface area contributed by atoms with Gasteiger partial charge >= 0.3 is 6.03 Å². The molecule has 0 bridgehead atoms. The van der Waals surface area contributed by atoms with E-state index in [0.717, 1.165) is 39.3 Å². The predicted octanol–water partition coefficient (Wildman–Crippen LogP) is 1.14. The SMILES string of the molecule is C[C@@H]1CN(Cc2ccccc2)C[C@H]1NC(=O)NC[C@H]1CN(C)CCO1. The molecule has 1 aromatic rings. The van der Waals surface area contributed by atoms with Crippen LogP contribution in [-0.4, -0.2) is 74.4 Å². The van der Waals surface area contributed by atoms with Crippen molar-refractivity contribution in [1.29, 1.82) is 0 Å². The Morgan fingerprint density at radius 2 is 2.04 bits per heavy atom. The fourth-order valence-electron chi connectivity index (χ4n) is 3.64. The number of carbonyl (C=O) groups excluding carboxylic acids is 1. The van der Waals surface area contributed by atoms with Crippen molar-refractivity contribution >= 4 is 6.03 Å². The summed E-state index contributed by atoms with van der Waals surface area (Å²) in [6, 6.07) is 10.6. The van der Waals surface area contributed by atoms with Gasteiger partial charge in [0.15, 0.2) is 0 Å². The Balaban J connectivity index is 1.40. The molecule has 0 radical (unpaired) electrons. The summed E-state index contributed by atoms with van der Waals surface area (Å²) in [5.41, 5.74) is 1.32. The van der Waals surface area contributed by atoms with Gasteiger partial charge in [0.2, 0.25) is 0 Å². The maximum Gasteiger partial charge on any atom is 0.315 e. The van der Waals surface area contributed by atoms with Crippen LogP contribution in [0.4, 0.5) is 4.79 Å². The van der Waals surface area contributed by atoms with Crippen LogP contribution in [0.1, 0.15) is 12.5 Å². The first-order valence-electron chi connectivity index (χ1n) is 9.21. The Hall–Kier alpha value is -1.63. The van der Waals surface area contributed by atoms with Gasteiger partial charge in [0.1, 0.15) is 0 Å². The van der Waals surface area contributed by atoms with Gasteiger partial charge in [0, 0.05) is 45.3 Å². The molecular formula is C19H30N4O2. The zero-order valence-corrected chi connectivity index (χ0v) is 15.3. The third-order valence-electron chi connectivity index (χ3n) is 5.09. The van der Waals surface area contributed by atoms with Crippen molar-refractivity contribution in [3.8, 4) is 0 Å². The number of carbonyl (C=O) groups is 1. The normalized spacial score (nSPS) is 28.0. The minimum Gasteiger partial charge on any atom is -0.374 e. The minimum absolute atomic E-state index is 0.0834. The lowest BCUT2D eigenvalue weighted by atomic mass is 10.1. The van der Waals surface area contributed by atoms with E-state index in [4.69, 9.17) is 4.74 Å². The van der Waals surface area contributed by atoms with Crippen molar-refractivity contribution in [2.75, 3.05) is 46.4 Å². The Bertz CT molecular complexity index is 554. The molecule has 2 aliphatic heterocycles. The van der Waals surface area contributed by atoms with E-state index in [1.165, 1.54) is 5.56 Å². The number of likely N-dealkylation sites (N-methyl/N-ethyl adjacent to an activating group) is 1. The smallest absolute Gasteiger partial charge is 0.315 e. The molecule has 6 heteroatoms. The number of likely N-dealkylation sites (tertiary alicyclic amines) is 1. The monoisotopic (exact) mass is 346 g/mol. The average Bonchev–Trinajstić information content (AvgIpc) is 2.93. The van der Waals surface area contributed by atoms with Gasteiger partial charge in [0.25, 0.3) is 0 Å². The molecule has 3 atom stereocenters. The number of rotatable bonds is 5. The average molecular weight is 346 g/mol. The Morgan fingerprint density at radius 1 is 1.24 bits per heavy atom. The van der Waals surface area contributed by atoms with Crippen LogP contribution < -0.4 is 10.6 Å². The van der Waals surface area contributed by atoms with Gasteiger partial charge in [-0.3, -0.25) is 4.90 Å². The van der Waals surface area contributed by atoms with Crippen LogP contribution in [0.25, 0.3) is 0 Å². The Morgan fingerprint density at radius 3 is 2.80 bits per heavy atom. The molecule has 2 aliphatic rings. The molecule has 0 aromatic heterocycles. The van der Waals surface area contributed by atoms with Crippen LogP contribution in [0.2, 0.25) is 0 Å². The number of morpholine rings is 1. The molecule has 6 nitrogen and oxygen atoms in total. The highest BCUT2D eigenvalue weighted by molar-refractivity contribution is 5.74. The van der Waals surface area contributed by atoms with Crippen LogP contribution >= 0.6 is 0 Å². The predicted molar refractivity (Wildman–Crippen MR) is 98.4 cm³/mol. The molecule has 0 spiro atoms. The second kappa shape index (κ2) is 8.65. The van der Waals surface area contributed by atoms with Crippen molar-refractivity contribution in [3.63, 3.8) is 0 Å². The summed E-state index contributed by atoms with van der Waals surface area (Å²) in [6.07, 6.45) is 0.0834. The highest BCUT2D eigenvalue weighted by atomic mass is 16.5. The first-order chi connectivity index (χ1) is 12.1. The van der Waals surface area contributed by atoms with E-state index < -0.39 is 0 Å². The van der Waals surface area contributed by atoms with Crippen LogP contribution in [0, 0.1) is 5.92 Å². The maximum atomic E-state index is 12.2. The number of benzene rings is 1. The number of urea groups is 1. The van der Waals surface area contributed by atoms with Gasteiger partial charge in [-0.05, 0) is 18.5 Å². The Kier molecular flexibility index (Phi) is 6.29. The number of amides is 2. The molecule has 3 rings (SSSR count). The zero-order chi connectivity index (χ0) is 17.6. The summed E-state index contributed by atoms with van der Waals surface area (Å²) in [4.78, 5) is 16.9. The van der Waals surface area contributed by atoms with Gasteiger partial charge in [-0.1, -0.05) is 37.3 Å². The molecule has 0 aliphatic carbocycles. The number of nitrogens with one attached hydrogen (secondary N) is 2. The highest BCUT2D eigenvalue weighted by Crippen LogP contribution is 2.18. The molecule has 0 unspecified atom stereocenters. The summed E-state index contributed by atoms with van der Waals surface area (Å²) in [5, 5.41) is 6.10. The van der Waals surface area contributed by atoms with E-state index >= 15 is 0 Å². The molecule has 1 aromatic carbocycles. The van der Waals surface area contributed by atoms with Crippen LogP contribution in [-0.2, 0) is 11.3 Å². The first-order valence-corrected chi connectivity index (χ1v) is 9.21. The maximum absolute atomic E-state index is 12.2. The quantitative estimate of drug-likeness (QED) is 0.839.